The lowest BCUT2D eigenvalue weighted by Gasteiger charge is -2.15. The molecule has 2 unspecified atom stereocenters. The molecule has 0 amide bonds. The maximum Gasteiger partial charge on any atom is 0.181 e. The molecule has 2 N–H and O–H groups in total. The highest BCUT2D eigenvalue weighted by atomic mass is 35.5. The third kappa shape index (κ3) is 2.79. The molecule has 0 heterocycles. The molecule has 1 aliphatic carbocycles. The second-order valence-electron chi connectivity index (χ2n) is 4.90. The topological polar surface area (TPSA) is 69.4 Å². The third-order valence-corrected chi connectivity index (χ3v) is 6.23. The highest BCUT2D eigenvalue weighted by Crippen LogP contribution is 2.52. The summed E-state index contributed by atoms with van der Waals surface area (Å²) < 4.78 is 30.3. The van der Waals surface area contributed by atoms with Crippen LogP contribution >= 0.6 is 11.6 Å². The van der Waals surface area contributed by atoms with E-state index in [1.807, 2.05) is 6.92 Å². The number of nitrogens with two attached hydrogens (primary N) is 1. The third-order valence-electron chi connectivity index (χ3n) is 3.63. The quantitative estimate of drug-likeness (QED) is 0.871. The summed E-state index contributed by atoms with van der Waals surface area (Å²) in [5.74, 6) is 0. The van der Waals surface area contributed by atoms with Crippen LogP contribution < -0.4 is 5.73 Å². The summed E-state index contributed by atoms with van der Waals surface area (Å²) in [6, 6.07) is 6.25. The molecule has 4 nitrogen and oxygen atoms in total. The van der Waals surface area contributed by atoms with Crippen molar-refractivity contribution in [2.75, 3.05) is 19.8 Å². The molecule has 1 fully saturated rings. The van der Waals surface area contributed by atoms with E-state index in [-0.39, 0.29) is 0 Å². The highest BCUT2D eigenvalue weighted by Gasteiger charge is 2.60. The molecule has 0 aliphatic heterocycles. The molecule has 0 radical (unpaired) electrons. The maximum atomic E-state index is 12.5. The van der Waals surface area contributed by atoms with Crippen molar-refractivity contribution < 1.29 is 13.2 Å². The second-order valence-corrected chi connectivity index (χ2v) is 7.46. The van der Waals surface area contributed by atoms with E-state index in [0.29, 0.717) is 36.1 Å². The minimum Gasteiger partial charge on any atom is -0.381 e. The number of benzene rings is 1. The van der Waals surface area contributed by atoms with Gasteiger partial charge in [0.15, 0.2) is 9.84 Å². The van der Waals surface area contributed by atoms with Gasteiger partial charge >= 0.3 is 0 Å². The van der Waals surface area contributed by atoms with Crippen LogP contribution in [-0.2, 0) is 14.6 Å². The van der Waals surface area contributed by atoms with Crippen molar-refractivity contribution in [1.29, 1.82) is 0 Å². The van der Waals surface area contributed by atoms with Crippen LogP contribution in [0, 0.1) is 5.41 Å². The molecular weight excluding hydrogens is 286 g/mol. The van der Waals surface area contributed by atoms with Crippen LogP contribution in [-0.4, -0.2) is 33.4 Å². The van der Waals surface area contributed by atoms with Gasteiger partial charge in [0.25, 0.3) is 0 Å². The number of rotatable bonds is 6. The lowest BCUT2D eigenvalue weighted by Crippen LogP contribution is -2.28. The SMILES string of the molecule is CCOCC1(CN)CC1S(=O)(=O)c1ccc(Cl)cc1. The van der Waals surface area contributed by atoms with Crippen LogP contribution in [0.15, 0.2) is 29.2 Å². The van der Waals surface area contributed by atoms with Crippen molar-refractivity contribution in [3.63, 3.8) is 0 Å². The summed E-state index contributed by atoms with van der Waals surface area (Å²) in [4.78, 5) is 0.300. The van der Waals surface area contributed by atoms with Crippen LogP contribution in [0.5, 0.6) is 0 Å². The van der Waals surface area contributed by atoms with Gasteiger partial charge in [0.1, 0.15) is 0 Å². The number of sulfone groups is 1. The Morgan fingerprint density at radius 2 is 2.05 bits per heavy atom. The Hall–Kier alpha value is -0.620. The second kappa shape index (κ2) is 5.40. The van der Waals surface area contributed by atoms with Crippen molar-refractivity contribution >= 4 is 21.4 Å². The molecule has 1 aliphatic rings. The van der Waals surface area contributed by atoms with Crippen LogP contribution in [0.3, 0.4) is 0 Å². The minimum absolute atomic E-state index is 0.300. The van der Waals surface area contributed by atoms with Crippen LogP contribution in [0.1, 0.15) is 13.3 Å². The van der Waals surface area contributed by atoms with E-state index < -0.39 is 20.5 Å². The van der Waals surface area contributed by atoms with Gasteiger partial charge in [-0.05, 0) is 37.6 Å². The van der Waals surface area contributed by atoms with Crippen LogP contribution in [0.25, 0.3) is 0 Å². The smallest absolute Gasteiger partial charge is 0.181 e. The van der Waals surface area contributed by atoms with E-state index in [9.17, 15) is 8.42 Å². The largest absolute Gasteiger partial charge is 0.381 e. The van der Waals surface area contributed by atoms with Gasteiger partial charge in [-0.25, -0.2) is 8.42 Å². The van der Waals surface area contributed by atoms with E-state index in [2.05, 4.69) is 0 Å². The van der Waals surface area contributed by atoms with Gasteiger partial charge in [-0.3, -0.25) is 0 Å². The van der Waals surface area contributed by atoms with Crippen LogP contribution in [0.2, 0.25) is 5.02 Å². The first-order chi connectivity index (χ1) is 8.96. The zero-order valence-electron chi connectivity index (χ0n) is 10.8. The fourth-order valence-electron chi connectivity index (χ4n) is 2.27. The first-order valence-corrected chi connectivity index (χ1v) is 8.16. The molecule has 2 atom stereocenters. The zero-order chi connectivity index (χ0) is 14.1. The first-order valence-electron chi connectivity index (χ1n) is 6.23. The van der Waals surface area contributed by atoms with Gasteiger partial charge < -0.3 is 10.5 Å². The lowest BCUT2D eigenvalue weighted by atomic mass is 10.1. The monoisotopic (exact) mass is 303 g/mol. The first kappa shape index (κ1) is 14.8. The summed E-state index contributed by atoms with van der Waals surface area (Å²) in [7, 11) is -3.35. The molecule has 1 aromatic carbocycles. The molecule has 0 saturated heterocycles. The molecule has 19 heavy (non-hydrogen) atoms. The normalized spacial score (nSPS) is 26.4. The molecule has 106 valence electrons. The number of hydrogen-bond donors (Lipinski definition) is 1. The predicted octanol–water partition coefficient (Wildman–Crippen LogP) is 1.87. The van der Waals surface area contributed by atoms with E-state index >= 15 is 0 Å². The highest BCUT2D eigenvalue weighted by molar-refractivity contribution is 7.92. The Balaban J connectivity index is 2.20. The van der Waals surface area contributed by atoms with Crippen molar-refractivity contribution in [3.8, 4) is 0 Å². The van der Waals surface area contributed by atoms with Crippen LogP contribution in [0.4, 0.5) is 0 Å². The average Bonchev–Trinajstić information content (AvgIpc) is 3.13. The molecule has 0 spiro atoms. The number of ether oxygens (including phenoxy) is 1. The van der Waals surface area contributed by atoms with Gasteiger partial charge in [0.2, 0.25) is 0 Å². The van der Waals surface area contributed by atoms with Gasteiger partial charge in [-0.1, -0.05) is 11.6 Å². The summed E-state index contributed by atoms with van der Waals surface area (Å²) in [6.45, 7) is 3.17. The van der Waals surface area contributed by atoms with E-state index in [4.69, 9.17) is 22.1 Å². The van der Waals surface area contributed by atoms with Gasteiger partial charge in [0, 0.05) is 23.6 Å². The van der Waals surface area contributed by atoms with Gasteiger partial charge in [-0.15, -0.1) is 0 Å². The predicted molar refractivity (Wildman–Crippen MR) is 75.0 cm³/mol. The number of hydrogen-bond acceptors (Lipinski definition) is 4. The van der Waals surface area contributed by atoms with Gasteiger partial charge in [-0.2, -0.15) is 0 Å². The molecule has 0 bridgehead atoms. The van der Waals surface area contributed by atoms with Crippen molar-refractivity contribution in [2.45, 2.75) is 23.5 Å². The summed E-state index contributed by atoms with van der Waals surface area (Å²) >= 11 is 5.77. The summed E-state index contributed by atoms with van der Waals surface area (Å²) in [5.41, 5.74) is 5.31. The van der Waals surface area contributed by atoms with Gasteiger partial charge in [0.05, 0.1) is 16.8 Å². The minimum atomic E-state index is -3.35. The molecule has 2 rings (SSSR count). The van der Waals surface area contributed by atoms with Crippen molar-refractivity contribution in [2.24, 2.45) is 11.1 Å². The number of halogens is 1. The Morgan fingerprint density at radius 1 is 1.42 bits per heavy atom. The fraction of sp³-hybridized carbons (Fsp3) is 0.538. The molecular formula is C13H18ClNO3S. The maximum absolute atomic E-state index is 12.5. The lowest BCUT2D eigenvalue weighted by molar-refractivity contribution is 0.104. The molecule has 1 aromatic rings. The summed E-state index contributed by atoms with van der Waals surface area (Å²) in [5, 5.41) is 0.0758. The standard InChI is InChI=1S/C13H18ClNO3S/c1-2-18-9-13(8-15)7-12(13)19(16,17)11-5-3-10(14)4-6-11/h3-6,12H,2,7-9,15H2,1H3. The van der Waals surface area contributed by atoms with E-state index in [1.165, 1.54) is 12.1 Å². The summed E-state index contributed by atoms with van der Waals surface area (Å²) in [6.07, 6.45) is 0.564. The molecule has 6 heteroatoms. The Kier molecular flexibility index (Phi) is 4.20. The zero-order valence-corrected chi connectivity index (χ0v) is 12.4. The molecule has 0 aromatic heterocycles. The average molecular weight is 304 g/mol. The fourth-order valence-corrected chi connectivity index (χ4v) is 4.61. The van der Waals surface area contributed by atoms with E-state index in [1.54, 1.807) is 12.1 Å². The van der Waals surface area contributed by atoms with Crippen molar-refractivity contribution in [3.05, 3.63) is 29.3 Å². The Labute approximate surface area is 118 Å². The van der Waals surface area contributed by atoms with Crippen molar-refractivity contribution in [1.82, 2.24) is 0 Å². The Morgan fingerprint density at radius 3 is 2.58 bits per heavy atom. The Bertz CT molecular complexity index is 544. The molecule has 1 saturated carbocycles. The van der Waals surface area contributed by atoms with E-state index in [0.717, 1.165) is 0 Å².